The predicted octanol–water partition coefficient (Wildman–Crippen LogP) is 5.32. The van der Waals surface area contributed by atoms with E-state index in [0.717, 1.165) is 69.8 Å². The molecule has 0 radical (unpaired) electrons. The Labute approximate surface area is 323 Å². The molecule has 4 saturated heterocycles. The lowest BCUT2D eigenvalue weighted by Crippen LogP contribution is -2.65. The van der Waals surface area contributed by atoms with E-state index in [9.17, 15) is 22.4 Å². The lowest BCUT2D eigenvalue weighted by Gasteiger charge is -2.54. The SMILES string of the molecule is C=CC(=O)N1CCC[C@H](S(=O)(=O)c2ccc(N3CC(F)(CN4CCC([C@@](CN5CCC5)(c5cccc(F)c5)[C@H]5CCC[C@@H]5NC(=O)OC)CC4)C3)c(F)c2)C1. The number of nitrogens with zero attached hydrogens (tertiary/aromatic N) is 4. The first-order valence-corrected chi connectivity index (χ1v) is 21.3. The highest BCUT2D eigenvalue weighted by Crippen LogP contribution is 2.52. The minimum absolute atomic E-state index is 0.0116. The first-order chi connectivity index (χ1) is 26.3. The van der Waals surface area contributed by atoms with Crippen LogP contribution < -0.4 is 10.2 Å². The number of nitrogens with one attached hydrogen (secondary N) is 1. The summed E-state index contributed by atoms with van der Waals surface area (Å²) in [7, 11) is -2.53. The number of alkyl halides is 1. The molecule has 1 saturated carbocycles. The molecule has 0 aromatic heterocycles. The number of methoxy groups -OCH3 is 1. The lowest BCUT2D eigenvalue weighted by atomic mass is 9.57. The molecule has 0 spiro atoms. The van der Waals surface area contributed by atoms with E-state index in [1.165, 1.54) is 36.3 Å². The maximum atomic E-state index is 16.3. The third-order valence-corrected chi connectivity index (χ3v) is 15.3. The summed E-state index contributed by atoms with van der Waals surface area (Å²) in [5.41, 5.74) is -0.863. The van der Waals surface area contributed by atoms with Crippen molar-refractivity contribution in [2.45, 2.75) is 78.6 Å². The Hall–Kier alpha value is -3.62. The summed E-state index contributed by atoms with van der Waals surface area (Å²) >= 11 is 0. The van der Waals surface area contributed by atoms with Gasteiger partial charge in [0, 0.05) is 37.6 Å². The summed E-state index contributed by atoms with van der Waals surface area (Å²) in [5, 5.41) is 2.28. The third kappa shape index (κ3) is 8.00. The number of hydrogen-bond donors (Lipinski definition) is 1. The van der Waals surface area contributed by atoms with Crippen LogP contribution in [0.25, 0.3) is 0 Å². The van der Waals surface area contributed by atoms with Gasteiger partial charge >= 0.3 is 6.09 Å². The number of halogens is 3. The quantitative estimate of drug-likeness (QED) is 0.289. The van der Waals surface area contributed by atoms with Crippen LogP contribution in [0.5, 0.6) is 0 Å². The van der Waals surface area contributed by atoms with Crippen LogP contribution in [0.3, 0.4) is 0 Å². The Morgan fingerprint density at radius 1 is 0.964 bits per heavy atom. The molecule has 1 N–H and O–H groups in total. The van der Waals surface area contributed by atoms with Gasteiger partial charge in [-0.25, -0.2) is 26.4 Å². The van der Waals surface area contributed by atoms with Crippen molar-refractivity contribution in [1.29, 1.82) is 0 Å². The Morgan fingerprint density at radius 3 is 2.38 bits per heavy atom. The molecule has 300 valence electrons. The number of hydrogen-bond acceptors (Lipinski definition) is 8. The molecule has 4 aliphatic heterocycles. The number of alkyl carbamates (subject to hydrolysis) is 1. The summed E-state index contributed by atoms with van der Waals surface area (Å²) in [4.78, 5) is 32.1. The van der Waals surface area contributed by atoms with Gasteiger partial charge in [0.2, 0.25) is 5.91 Å². The number of sulfone groups is 1. The van der Waals surface area contributed by atoms with Gasteiger partial charge < -0.3 is 24.8 Å². The number of likely N-dealkylation sites (tertiary alicyclic amines) is 3. The topological polar surface area (TPSA) is 103 Å². The van der Waals surface area contributed by atoms with E-state index in [-0.39, 0.29) is 66.4 Å². The van der Waals surface area contributed by atoms with Gasteiger partial charge in [-0.1, -0.05) is 25.1 Å². The molecule has 55 heavy (non-hydrogen) atoms. The first-order valence-electron chi connectivity index (χ1n) is 19.8. The molecule has 10 nitrogen and oxygen atoms in total. The fraction of sp³-hybridized carbons (Fsp3) is 0.610. The summed E-state index contributed by atoms with van der Waals surface area (Å²) < 4.78 is 78.6. The zero-order valence-corrected chi connectivity index (χ0v) is 32.6. The summed E-state index contributed by atoms with van der Waals surface area (Å²) in [6, 6.07) is 10.7. The summed E-state index contributed by atoms with van der Waals surface area (Å²) in [6.45, 7) is 8.20. The average Bonchev–Trinajstić information content (AvgIpc) is 3.61. The number of benzene rings is 2. The molecule has 0 bridgehead atoms. The van der Waals surface area contributed by atoms with E-state index in [2.05, 4.69) is 21.7 Å². The standard InChI is InChI=1S/C41H54F3N5O5S/c1-3-38(50)48-19-6-10-33(24-48)55(52,53)32-13-14-37(35(43)23-32)49-26-40(44,27-49)25-47-20-15-29(16-21-47)41(28-46-17-7-18-46,30-8-4-9-31(42)22-30)34-11-5-12-36(34)45-39(51)54-2/h3-4,8-9,13-14,22-23,29,33-34,36H,1,5-7,10-12,15-21,24-28H2,2H3,(H,45,51)/t33-,34-,36-,41-/m0/s1. The van der Waals surface area contributed by atoms with Crippen molar-refractivity contribution < 1.29 is 35.9 Å². The highest BCUT2D eigenvalue weighted by atomic mass is 32.2. The molecule has 1 aliphatic carbocycles. The van der Waals surface area contributed by atoms with Crippen molar-refractivity contribution >= 4 is 27.5 Å². The number of anilines is 1. The van der Waals surface area contributed by atoms with Crippen LogP contribution in [0.15, 0.2) is 60.0 Å². The summed E-state index contributed by atoms with van der Waals surface area (Å²) in [5.74, 6) is -1.08. The van der Waals surface area contributed by atoms with E-state index in [0.29, 0.717) is 32.5 Å². The molecule has 2 aromatic carbocycles. The Kier molecular flexibility index (Phi) is 11.6. The number of carbonyl (C=O) groups is 2. The number of carbonyl (C=O) groups excluding carboxylic acids is 2. The van der Waals surface area contributed by atoms with Crippen LogP contribution in [0.1, 0.15) is 56.9 Å². The van der Waals surface area contributed by atoms with Gasteiger partial charge in [-0.05, 0) is 125 Å². The number of piperidine rings is 2. The monoisotopic (exact) mass is 785 g/mol. The first kappa shape index (κ1) is 39.6. The van der Waals surface area contributed by atoms with Gasteiger partial charge in [-0.3, -0.25) is 9.69 Å². The predicted molar refractivity (Wildman–Crippen MR) is 204 cm³/mol. The molecule has 4 heterocycles. The third-order valence-electron chi connectivity index (χ3n) is 13.1. The van der Waals surface area contributed by atoms with Gasteiger partial charge in [0.05, 0.1) is 36.0 Å². The van der Waals surface area contributed by atoms with Crippen LogP contribution in [-0.4, -0.2) is 125 Å². The van der Waals surface area contributed by atoms with E-state index in [1.807, 2.05) is 6.07 Å². The molecule has 0 unspecified atom stereocenters. The zero-order chi connectivity index (χ0) is 39.0. The minimum Gasteiger partial charge on any atom is -0.453 e. The minimum atomic E-state index is -3.90. The molecular formula is C41H54F3N5O5S. The van der Waals surface area contributed by atoms with Crippen LogP contribution in [0, 0.1) is 23.5 Å². The number of rotatable bonds is 12. The molecule has 4 atom stereocenters. The van der Waals surface area contributed by atoms with E-state index >= 15 is 8.78 Å². The molecule has 7 rings (SSSR count). The lowest BCUT2D eigenvalue weighted by molar-refractivity contribution is -0.126. The molecule has 2 amide bonds. The van der Waals surface area contributed by atoms with Crippen LogP contribution in [0.2, 0.25) is 0 Å². The Balaban J connectivity index is 1.02. The van der Waals surface area contributed by atoms with Gasteiger partial charge in [0.15, 0.2) is 15.5 Å². The maximum absolute atomic E-state index is 16.3. The average molecular weight is 786 g/mol. The number of amides is 2. The van der Waals surface area contributed by atoms with Crippen molar-refractivity contribution in [2.24, 2.45) is 11.8 Å². The molecule has 5 aliphatic rings. The smallest absolute Gasteiger partial charge is 0.407 e. The fourth-order valence-corrected chi connectivity index (χ4v) is 12.1. The fourth-order valence-electron chi connectivity index (χ4n) is 10.3. The highest BCUT2D eigenvalue weighted by Gasteiger charge is 2.54. The molecule has 5 fully saturated rings. The summed E-state index contributed by atoms with van der Waals surface area (Å²) in [6.07, 6.45) is 6.98. The van der Waals surface area contributed by atoms with Gasteiger partial charge in [0.25, 0.3) is 0 Å². The molecular weight excluding hydrogens is 732 g/mol. The van der Waals surface area contributed by atoms with Crippen molar-refractivity contribution in [1.82, 2.24) is 20.0 Å². The van der Waals surface area contributed by atoms with Gasteiger partial charge in [-0.2, -0.15) is 0 Å². The van der Waals surface area contributed by atoms with Crippen LogP contribution in [-0.2, 0) is 24.8 Å². The molecule has 2 aromatic rings. The van der Waals surface area contributed by atoms with E-state index in [1.54, 1.807) is 17.0 Å². The van der Waals surface area contributed by atoms with Gasteiger partial charge in [-0.15, -0.1) is 0 Å². The Morgan fingerprint density at radius 2 is 1.73 bits per heavy atom. The second-order valence-electron chi connectivity index (χ2n) is 16.4. The molecule has 14 heteroatoms. The largest absolute Gasteiger partial charge is 0.453 e. The second kappa shape index (κ2) is 16.1. The van der Waals surface area contributed by atoms with Gasteiger partial charge in [0.1, 0.15) is 11.6 Å². The normalized spacial score (nSPS) is 26.1. The van der Waals surface area contributed by atoms with Crippen LogP contribution in [0.4, 0.5) is 23.7 Å². The van der Waals surface area contributed by atoms with E-state index in [4.69, 9.17) is 4.74 Å². The maximum Gasteiger partial charge on any atom is 0.407 e. The van der Waals surface area contributed by atoms with Crippen molar-refractivity contribution in [3.05, 3.63) is 72.3 Å². The van der Waals surface area contributed by atoms with Crippen molar-refractivity contribution in [2.75, 3.05) is 77.5 Å². The zero-order valence-electron chi connectivity index (χ0n) is 31.7. The Bertz CT molecular complexity index is 1850. The van der Waals surface area contributed by atoms with E-state index < -0.39 is 38.1 Å². The number of ether oxygens (including phenoxy) is 1. The highest BCUT2D eigenvalue weighted by molar-refractivity contribution is 7.92. The van der Waals surface area contributed by atoms with Crippen molar-refractivity contribution in [3.63, 3.8) is 0 Å². The second-order valence-corrected chi connectivity index (χ2v) is 18.7. The van der Waals surface area contributed by atoms with Crippen LogP contribution >= 0.6 is 0 Å². The van der Waals surface area contributed by atoms with Crippen molar-refractivity contribution in [3.8, 4) is 0 Å².